The number of thiazole rings is 1. The number of nitrogens with zero attached hydrogens (tertiary/aromatic N) is 4. The summed E-state index contributed by atoms with van der Waals surface area (Å²) in [6.45, 7) is -2.68. The normalized spacial score (nSPS) is 15.5. The van der Waals surface area contributed by atoms with E-state index in [-0.39, 0.29) is 12.4 Å². The molecule has 1 aliphatic rings. The van der Waals surface area contributed by atoms with Crippen LogP contribution in [0.5, 0.6) is 0 Å². The van der Waals surface area contributed by atoms with E-state index >= 15 is 0 Å². The highest BCUT2D eigenvalue weighted by molar-refractivity contribution is 7.15. The van der Waals surface area contributed by atoms with E-state index in [1.165, 1.54) is 72.7 Å². The van der Waals surface area contributed by atoms with Gasteiger partial charge in [0, 0.05) is 30.5 Å². The highest BCUT2D eigenvalue weighted by Gasteiger charge is 2.20. The molecule has 2 aromatic heterocycles. The number of amides is 2. The minimum Gasteiger partial charge on any atom is -0.320 e. The summed E-state index contributed by atoms with van der Waals surface area (Å²) in [6.07, 6.45) is 10.4. The molecule has 1 fully saturated rings. The summed E-state index contributed by atoms with van der Waals surface area (Å²) < 4.78 is 26.4. The zero-order chi connectivity index (χ0) is 17.8. The molecule has 0 atom stereocenters. The van der Waals surface area contributed by atoms with E-state index in [1.54, 1.807) is 0 Å². The van der Waals surface area contributed by atoms with Gasteiger partial charge in [-0.3, -0.25) is 9.88 Å². The molecule has 3 rings (SSSR count). The van der Waals surface area contributed by atoms with Crippen LogP contribution in [0, 0.1) is 0 Å². The third-order valence-corrected chi connectivity index (χ3v) is 5.50. The molecule has 1 N–H and O–H groups in total. The quantitative estimate of drug-likeness (QED) is 0.847. The Labute approximate surface area is 148 Å². The summed E-state index contributed by atoms with van der Waals surface area (Å²) in [5, 5.41) is 3.27. The second-order valence-corrected chi connectivity index (χ2v) is 7.28. The van der Waals surface area contributed by atoms with Crippen LogP contribution in [0.25, 0.3) is 0 Å². The molecule has 136 valence electrons. The molecular weight excluding hydrogens is 348 g/mol. The van der Waals surface area contributed by atoms with E-state index in [1.807, 2.05) is 6.20 Å². The maximum absolute atomic E-state index is 12.8. The van der Waals surface area contributed by atoms with Crippen molar-refractivity contribution < 1.29 is 13.6 Å². The fraction of sp³-hybridized carbons (Fsp3) is 0.562. The topological polar surface area (TPSA) is 63.1 Å². The van der Waals surface area contributed by atoms with Crippen LogP contribution < -0.4 is 5.32 Å². The standard InChI is InChI=1S/C16H21F2N5OS/c1-22(10-13-19-7-8-23(13)14(17)18)16(24)21-15-20-9-12(25-15)11-5-3-2-4-6-11/h7-9,11,14H,2-6,10H2,1H3,(H,20,21,24). The van der Waals surface area contributed by atoms with Crippen LogP contribution in [0.15, 0.2) is 18.6 Å². The molecular formula is C16H21F2N5OS. The molecule has 0 aliphatic heterocycles. The second-order valence-electron chi connectivity index (χ2n) is 6.22. The Hall–Kier alpha value is -2.03. The highest BCUT2D eigenvalue weighted by atomic mass is 32.1. The third-order valence-electron chi connectivity index (χ3n) is 4.43. The van der Waals surface area contributed by atoms with Crippen LogP contribution in [0.2, 0.25) is 0 Å². The van der Waals surface area contributed by atoms with Crippen molar-refractivity contribution in [2.75, 3.05) is 12.4 Å². The molecule has 9 heteroatoms. The lowest BCUT2D eigenvalue weighted by Gasteiger charge is -2.19. The Kier molecular flexibility index (Phi) is 5.62. The lowest BCUT2D eigenvalue weighted by atomic mass is 9.89. The molecule has 2 amide bonds. The monoisotopic (exact) mass is 369 g/mol. The smallest absolute Gasteiger partial charge is 0.320 e. The Balaban J connectivity index is 1.58. The maximum atomic E-state index is 12.8. The van der Waals surface area contributed by atoms with Gasteiger partial charge in [-0.05, 0) is 18.8 Å². The number of aromatic nitrogens is 3. The van der Waals surface area contributed by atoms with Gasteiger partial charge in [0.05, 0.1) is 6.54 Å². The Morgan fingerprint density at radius 1 is 1.40 bits per heavy atom. The number of hydrogen-bond acceptors (Lipinski definition) is 4. The number of rotatable bonds is 5. The number of carbonyl (C=O) groups excluding carboxylic acids is 1. The number of anilines is 1. The highest BCUT2D eigenvalue weighted by Crippen LogP contribution is 2.36. The SMILES string of the molecule is CN(Cc1nccn1C(F)F)C(=O)Nc1ncc(C2CCCCC2)s1. The van der Waals surface area contributed by atoms with E-state index in [2.05, 4.69) is 15.3 Å². The van der Waals surface area contributed by atoms with Gasteiger partial charge in [0.2, 0.25) is 0 Å². The lowest BCUT2D eigenvalue weighted by Crippen LogP contribution is -2.31. The van der Waals surface area contributed by atoms with Gasteiger partial charge in [-0.1, -0.05) is 19.3 Å². The number of imidazole rings is 1. The van der Waals surface area contributed by atoms with Crippen molar-refractivity contribution in [2.45, 2.75) is 51.1 Å². The molecule has 0 spiro atoms. The number of nitrogens with one attached hydrogen (secondary N) is 1. The largest absolute Gasteiger partial charge is 0.323 e. The van der Waals surface area contributed by atoms with E-state index in [0.717, 1.165) is 4.57 Å². The third kappa shape index (κ3) is 4.33. The van der Waals surface area contributed by atoms with Gasteiger partial charge in [0.15, 0.2) is 5.13 Å². The first kappa shape index (κ1) is 17.8. The number of hydrogen-bond donors (Lipinski definition) is 1. The summed E-state index contributed by atoms with van der Waals surface area (Å²) >= 11 is 1.49. The van der Waals surface area contributed by atoms with E-state index in [4.69, 9.17) is 0 Å². The molecule has 25 heavy (non-hydrogen) atoms. The van der Waals surface area contributed by atoms with Crippen molar-refractivity contribution >= 4 is 22.5 Å². The number of halogens is 2. The Morgan fingerprint density at radius 3 is 2.88 bits per heavy atom. The average Bonchev–Trinajstić information content (AvgIpc) is 3.25. The minimum atomic E-state index is -2.68. The molecule has 0 aromatic carbocycles. The predicted octanol–water partition coefficient (Wildman–Crippen LogP) is 4.45. The van der Waals surface area contributed by atoms with Crippen LogP contribution in [-0.2, 0) is 6.54 Å². The molecule has 1 saturated carbocycles. The van der Waals surface area contributed by atoms with Crippen molar-refractivity contribution in [1.29, 1.82) is 0 Å². The van der Waals surface area contributed by atoms with Crippen LogP contribution in [0.3, 0.4) is 0 Å². The first-order valence-corrected chi connectivity index (χ1v) is 9.14. The zero-order valence-electron chi connectivity index (χ0n) is 14.0. The molecule has 6 nitrogen and oxygen atoms in total. The molecule has 0 radical (unpaired) electrons. The van der Waals surface area contributed by atoms with Gasteiger partial charge >= 0.3 is 12.6 Å². The lowest BCUT2D eigenvalue weighted by molar-refractivity contribution is 0.0652. The molecule has 0 unspecified atom stereocenters. The van der Waals surface area contributed by atoms with Crippen LogP contribution in [0.1, 0.15) is 55.3 Å². The number of alkyl halides is 2. The van der Waals surface area contributed by atoms with Gasteiger partial charge in [0.1, 0.15) is 5.82 Å². The predicted molar refractivity (Wildman–Crippen MR) is 91.9 cm³/mol. The summed E-state index contributed by atoms with van der Waals surface area (Å²) in [4.78, 5) is 22.9. The van der Waals surface area contributed by atoms with Crippen molar-refractivity contribution in [1.82, 2.24) is 19.4 Å². The number of urea groups is 1. The van der Waals surface area contributed by atoms with Gasteiger partial charge in [-0.15, -0.1) is 11.3 Å². The first-order chi connectivity index (χ1) is 12.0. The molecule has 2 heterocycles. The fourth-order valence-electron chi connectivity index (χ4n) is 3.04. The van der Waals surface area contributed by atoms with Gasteiger partial charge in [-0.25, -0.2) is 14.8 Å². The van der Waals surface area contributed by atoms with Crippen molar-refractivity contribution in [3.8, 4) is 0 Å². The fourth-order valence-corrected chi connectivity index (χ4v) is 4.01. The average molecular weight is 369 g/mol. The van der Waals surface area contributed by atoms with Gasteiger partial charge in [-0.2, -0.15) is 8.78 Å². The Bertz CT molecular complexity index is 711. The number of carbonyl (C=O) groups is 1. The minimum absolute atomic E-state index is 0.00989. The molecule has 2 aromatic rings. The molecule has 0 saturated heterocycles. The van der Waals surface area contributed by atoms with E-state index < -0.39 is 12.6 Å². The summed E-state index contributed by atoms with van der Waals surface area (Å²) in [5.74, 6) is 0.669. The summed E-state index contributed by atoms with van der Waals surface area (Å²) in [6, 6.07) is -0.395. The van der Waals surface area contributed by atoms with Crippen LogP contribution in [-0.4, -0.2) is 32.5 Å². The summed E-state index contributed by atoms with van der Waals surface area (Å²) in [5.41, 5.74) is 0. The first-order valence-electron chi connectivity index (χ1n) is 8.32. The van der Waals surface area contributed by atoms with E-state index in [9.17, 15) is 13.6 Å². The van der Waals surface area contributed by atoms with Gasteiger partial charge < -0.3 is 4.90 Å². The second kappa shape index (κ2) is 7.90. The van der Waals surface area contributed by atoms with Crippen molar-refractivity contribution in [3.63, 3.8) is 0 Å². The zero-order valence-corrected chi connectivity index (χ0v) is 14.8. The maximum Gasteiger partial charge on any atom is 0.323 e. The van der Waals surface area contributed by atoms with Crippen molar-refractivity contribution in [2.24, 2.45) is 0 Å². The van der Waals surface area contributed by atoms with Crippen LogP contribution >= 0.6 is 11.3 Å². The Morgan fingerprint density at radius 2 is 2.16 bits per heavy atom. The van der Waals surface area contributed by atoms with Gasteiger partial charge in [0.25, 0.3) is 0 Å². The van der Waals surface area contributed by atoms with E-state index in [0.29, 0.717) is 11.0 Å². The molecule has 0 bridgehead atoms. The molecule has 1 aliphatic carbocycles. The van der Waals surface area contributed by atoms with Crippen LogP contribution in [0.4, 0.5) is 18.7 Å². The van der Waals surface area contributed by atoms with Crippen molar-refractivity contribution in [3.05, 3.63) is 29.3 Å². The summed E-state index contributed by atoms with van der Waals surface area (Å²) in [7, 11) is 1.54.